The summed E-state index contributed by atoms with van der Waals surface area (Å²) in [5.41, 5.74) is 0.679. The van der Waals surface area contributed by atoms with Crippen molar-refractivity contribution < 1.29 is 14.4 Å². The Morgan fingerprint density at radius 3 is 1.79 bits per heavy atom. The molecule has 0 bridgehead atoms. The molecule has 178 valence electrons. The van der Waals surface area contributed by atoms with E-state index < -0.39 is 4.92 Å². The monoisotopic (exact) mass is 457 g/mol. The summed E-state index contributed by atoms with van der Waals surface area (Å²) in [4.78, 5) is 25.2. The predicted molar refractivity (Wildman–Crippen MR) is 126 cm³/mol. The molecule has 3 heterocycles. The SMILES string of the molecule is O=[N+]([O-])c1c(NCCN2CCOCC2)nc(-c2ccccc2)nc1NCCN1CCOCC1. The maximum atomic E-state index is 12.0. The van der Waals surface area contributed by atoms with Crippen molar-refractivity contribution in [3.05, 3.63) is 40.4 Å². The highest BCUT2D eigenvalue weighted by molar-refractivity contribution is 5.73. The van der Waals surface area contributed by atoms with Crippen LogP contribution in [0.25, 0.3) is 11.4 Å². The van der Waals surface area contributed by atoms with Crippen molar-refractivity contribution in [2.45, 2.75) is 0 Å². The molecule has 11 heteroatoms. The zero-order valence-corrected chi connectivity index (χ0v) is 18.7. The molecule has 1 aromatic heterocycles. The summed E-state index contributed by atoms with van der Waals surface area (Å²) in [7, 11) is 0. The summed E-state index contributed by atoms with van der Waals surface area (Å²) in [6, 6.07) is 9.51. The molecule has 2 aromatic rings. The van der Waals surface area contributed by atoms with Crippen LogP contribution >= 0.6 is 0 Å². The van der Waals surface area contributed by atoms with E-state index in [4.69, 9.17) is 9.47 Å². The van der Waals surface area contributed by atoms with E-state index >= 15 is 0 Å². The molecular weight excluding hydrogens is 426 g/mol. The van der Waals surface area contributed by atoms with Gasteiger partial charge in [-0.15, -0.1) is 0 Å². The van der Waals surface area contributed by atoms with Gasteiger partial charge in [0.25, 0.3) is 0 Å². The minimum atomic E-state index is -0.414. The van der Waals surface area contributed by atoms with Crippen molar-refractivity contribution >= 4 is 17.3 Å². The second-order valence-electron chi connectivity index (χ2n) is 7.98. The van der Waals surface area contributed by atoms with Crippen LogP contribution < -0.4 is 10.6 Å². The van der Waals surface area contributed by atoms with E-state index in [2.05, 4.69) is 30.4 Å². The van der Waals surface area contributed by atoms with Crippen molar-refractivity contribution in [3.8, 4) is 11.4 Å². The Hall–Kier alpha value is -2.86. The van der Waals surface area contributed by atoms with Gasteiger partial charge in [0.15, 0.2) is 5.82 Å². The van der Waals surface area contributed by atoms with Crippen LogP contribution in [0.4, 0.5) is 17.3 Å². The molecule has 11 nitrogen and oxygen atoms in total. The Balaban J connectivity index is 1.52. The largest absolute Gasteiger partial charge is 0.379 e. The molecule has 0 aliphatic carbocycles. The number of benzene rings is 1. The van der Waals surface area contributed by atoms with E-state index in [1.165, 1.54) is 0 Å². The number of morpholine rings is 2. The summed E-state index contributed by atoms with van der Waals surface area (Å²) in [6.45, 7) is 8.87. The van der Waals surface area contributed by atoms with Gasteiger partial charge in [-0.25, -0.2) is 9.97 Å². The number of nitrogens with zero attached hydrogens (tertiary/aromatic N) is 5. The van der Waals surface area contributed by atoms with Crippen LogP contribution in [0.3, 0.4) is 0 Å². The third-order valence-electron chi connectivity index (χ3n) is 5.75. The number of nitrogens with one attached hydrogen (secondary N) is 2. The zero-order chi connectivity index (χ0) is 22.9. The Morgan fingerprint density at radius 2 is 1.33 bits per heavy atom. The fraction of sp³-hybridized carbons (Fsp3) is 0.545. The Bertz CT molecular complexity index is 858. The van der Waals surface area contributed by atoms with Gasteiger partial charge < -0.3 is 20.1 Å². The average molecular weight is 458 g/mol. The molecule has 0 unspecified atom stereocenters. The molecule has 2 aliphatic rings. The normalized spacial score (nSPS) is 17.6. The zero-order valence-electron chi connectivity index (χ0n) is 18.7. The summed E-state index contributed by atoms with van der Waals surface area (Å²) in [5.74, 6) is 0.913. The van der Waals surface area contributed by atoms with Crippen LogP contribution in [0.5, 0.6) is 0 Å². The number of nitro groups is 1. The van der Waals surface area contributed by atoms with Gasteiger partial charge in [0, 0.05) is 57.9 Å². The van der Waals surface area contributed by atoms with Gasteiger partial charge in [0.05, 0.1) is 31.4 Å². The molecule has 1 aromatic carbocycles. The molecule has 0 atom stereocenters. The minimum Gasteiger partial charge on any atom is -0.379 e. The minimum absolute atomic E-state index is 0.126. The van der Waals surface area contributed by atoms with Gasteiger partial charge in [0.2, 0.25) is 11.6 Å². The number of hydrogen-bond acceptors (Lipinski definition) is 10. The van der Waals surface area contributed by atoms with Crippen LogP contribution in [0.15, 0.2) is 30.3 Å². The van der Waals surface area contributed by atoms with Gasteiger partial charge in [-0.2, -0.15) is 0 Å². The molecule has 2 aliphatic heterocycles. The van der Waals surface area contributed by atoms with Crippen molar-refractivity contribution in [1.29, 1.82) is 0 Å². The molecule has 4 rings (SSSR count). The van der Waals surface area contributed by atoms with Gasteiger partial charge in [0.1, 0.15) is 0 Å². The van der Waals surface area contributed by atoms with E-state index in [9.17, 15) is 10.1 Å². The Morgan fingerprint density at radius 1 is 0.848 bits per heavy atom. The van der Waals surface area contributed by atoms with Crippen molar-refractivity contribution in [1.82, 2.24) is 19.8 Å². The Kier molecular flexibility index (Phi) is 8.36. The number of aromatic nitrogens is 2. The average Bonchev–Trinajstić information content (AvgIpc) is 2.85. The summed E-state index contributed by atoms with van der Waals surface area (Å²) in [6.07, 6.45) is 0. The highest BCUT2D eigenvalue weighted by Crippen LogP contribution is 2.32. The molecule has 0 spiro atoms. The maximum Gasteiger partial charge on any atom is 0.353 e. The molecule has 2 fully saturated rings. The van der Waals surface area contributed by atoms with Crippen LogP contribution in [-0.2, 0) is 9.47 Å². The van der Waals surface area contributed by atoms with Gasteiger partial charge in [-0.1, -0.05) is 30.3 Å². The van der Waals surface area contributed by atoms with Gasteiger partial charge in [-0.3, -0.25) is 19.9 Å². The fourth-order valence-corrected chi connectivity index (χ4v) is 3.90. The topological polar surface area (TPSA) is 118 Å². The van der Waals surface area contributed by atoms with E-state index in [0.29, 0.717) is 45.3 Å². The first kappa shape index (κ1) is 23.3. The van der Waals surface area contributed by atoms with Crippen LogP contribution in [0.1, 0.15) is 0 Å². The first-order valence-electron chi connectivity index (χ1n) is 11.4. The first-order chi connectivity index (χ1) is 16.2. The smallest absolute Gasteiger partial charge is 0.353 e. The second kappa shape index (κ2) is 11.8. The third-order valence-corrected chi connectivity index (χ3v) is 5.75. The number of rotatable bonds is 10. The van der Waals surface area contributed by atoms with E-state index in [0.717, 1.165) is 44.8 Å². The summed E-state index contributed by atoms with van der Waals surface area (Å²) >= 11 is 0. The van der Waals surface area contributed by atoms with Gasteiger partial charge >= 0.3 is 5.69 Å². The lowest BCUT2D eigenvalue weighted by Crippen LogP contribution is -2.39. The predicted octanol–water partition coefficient (Wildman–Crippen LogP) is 1.54. The standard InChI is InChI=1S/C22H31N7O4/c30-29(31)19-21(23-6-8-27-10-14-32-15-11-27)25-20(18-4-2-1-3-5-18)26-22(19)24-7-9-28-12-16-33-17-13-28/h1-5H,6-17H2,(H2,23,24,25,26). The highest BCUT2D eigenvalue weighted by atomic mass is 16.6. The molecule has 0 saturated carbocycles. The Labute approximate surface area is 193 Å². The molecule has 2 saturated heterocycles. The fourth-order valence-electron chi connectivity index (χ4n) is 3.90. The van der Waals surface area contributed by atoms with Gasteiger partial charge in [-0.05, 0) is 0 Å². The van der Waals surface area contributed by atoms with Crippen molar-refractivity contribution in [2.75, 3.05) is 89.4 Å². The summed E-state index contributed by atoms with van der Waals surface area (Å²) in [5, 5.41) is 18.4. The lowest BCUT2D eigenvalue weighted by atomic mass is 10.2. The third kappa shape index (κ3) is 6.57. The van der Waals surface area contributed by atoms with Crippen LogP contribution in [0.2, 0.25) is 0 Å². The van der Waals surface area contributed by atoms with E-state index in [1.807, 2.05) is 30.3 Å². The number of ether oxygens (including phenoxy) is 2. The molecule has 33 heavy (non-hydrogen) atoms. The molecular formula is C22H31N7O4. The molecule has 2 N–H and O–H groups in total. The lowest BCUT2D eigenvalue weighted by molar-refractivity contribution is -0.383. The quantitative estimate of drug-likeness (QED) is 0.402. The van der Waals surface area contributed by atoms with E-state index in [-0.39, 0.29) is 17.3 Å². The summed E-state index contributed by atoms with van der Waals surface area (Å²) < 4.78 is 10.8. The van der Waals surface area contributed by atoms with Crippen LogP contribution in [0, 0.1) is 10.1 Å². The highest BCUT2D eigenvalue weighted by Gasteiger charge is 2.25. The number of hydrogen-bond donors (Lipinski definition) is 2. The molecule has 0 radical (unpaired) electrons. The first-order valence-corrected chi connectivity index (χ1v) is 11.4. The lowest BCUT2D eigenvalue weighted by Gasteiger charge is -2.27. The molecule has 0 amide bonds. The van der Waals surface area contributed by atoms with E-state index in [1.54, 1.807) is 0 Å². The second-order valence-corrected chi connectivity index (χ2v) is 7.98. The van der Waals surface area contributed by atoms with Crippen molar-refractivity contribution in [3.63, 3.8) is 0 Å². The van der Waals surface area contributed by atoms with Crippen molar-refractivity contribution in [2.24, 2.45) is 0 Å². The maximum absolute atomic E-state index is 12.0. The van der Waals surface area contributed by atoms with Crippen LogP contribution in [-0.4, -0.2) is 103 Å². The number of anilines is 2.